The Morgan fingerprint density at radius 3 is 0.952 bits per heavy atom. The van der Waals surface area contributed by atoms with Gasteiger partial charge in [0.15, 0.2) is 36.2 Å². The summed E-state index contributed by atoms with van der Waals surface area (Å²) in [5.74, 6) is 1.06. The predicted molar refractivity (Wildman–Crippen MR) is 533 cm³/mol. The monoisotopic (exact) mass is 1660 g/mol. The van der Waals surface area contributed by atoms with E-state index in [-0.39, 0.29) is 0 Å². The Morgan fingerprint density at radius 1 is 0.214 bits per heavy atom. The Labute approximate surface area is 756 Å². The molecule has 16 rings (SSSR count). The van der Waals surface area contributed by atoms with Crippen LogP contribution < -0.4 is 27.4 Å². The first kappa shape index (κ1) is 93.8. The molecule has 126 heavy (non-hydrogen) atoms. The summed E-state index contributed by atoms with van der Waals surface area (Å²) < 4.78 is 13.2. The van der Waals surface area contributed by atoms with E-state index in [0.717, 1.165) is 12.8 Å². The molecule has 0 aliphatic carbocycles. The fraction of sp³-hybridized carbons (Fsp3) is 0.250. The van der Waals surface area contributed by atoms with Crippen molar-refractivity contribution < 1.29 is 27.4 Å². The third-order valence-electron chi connectivity index (χ3n) is 24.7. The summed E-state index contributed by atoms with van der Waals surface area (Å²) in [5, 5.41) is 0. The second kappa shape index (κ2) is 43.1. The highest BCUT2D eigenvalue weighted by Gasteiger charge is 2.22. The van der Waals surface area contributed by atoms with Crippen molar-refractivity contribution in [3.05, 3.63) is 416 Å². The van der Waals surface area contributed by atoms with Gasteiger partial charge in [0.25, 0.3) is 0 Å². The average Bonchev–Trinajstić information content (AvgIpc) is 0.802. The molecule has 6 nitrogen and oxygen atoms in total. The van der Waals surface area contributed by atoms with E-state index in [2.05, 4.69) is 524 Å². The molecule has 0 saturated carbocycles. The zero-order valence-electron chi connectivity index (χ0n) is 80.3. The summed E-state index contributed by atoms with van der Waals surface area (Å²) in [6.07, 6.45) is 10.6. The normalized spacial score (nSPS) is 10.8. The van der Waals surface area contributed by atoms with Crippen LogP contribution in [0.3, 0.4) is 0 Å². The van der Waals surface area contributed by atoms with E-state index in [4.69, 9.17) is 0 Å². The number of hydrogen-bond donors (Lipinski definition) is 0. The number of nitrogens with zero attached hydrogens (tertiary/aromatic N) is 6. The largest absolute Gasteiger partial charge is 0.212 e. The van der Waals surface area contributed by atoms with Crippen molar-refractivity contribution >= 4 is 0 Å². The number of aromatic nitrogens is 6. The lowest BCUT2D eigenvalue weighted by molar-refractivity contribution is -0.666. The van der Waals surface area contributed by atoms with E-state index < -0.39 is 0 Å². The third-order valence-corrected chi connectivity index (χ3v) is 24.7. The summed E-state index contributed by atoms with van der Waals surface area (Å²) in [7, 11) is 12.7. The van der Waals surface area contributed by atoms with Crippen LogP contribution in [-0.4, -0.2) is 0 Å². The minimum absolute atomic E-state index is 0.532. The number of benzene rings is 10. The van der Waals surface area contributed by atoms with Crippen LogP contribution in [0.15, 0.2) is 316 Å². The summed E-state index contributed by atoms with van der Waals surface area (Å²) in [6.45, 7) is 43.9. The molecule has 6 heteroatoms. The Balaban J connectivity index is 0.000000148. The lowest BCUT2D eigenvalue weighted by atomic mass is 9.89. The molecule has 0 radical (unpaired) electrons. The molecule has 0 saturated heterocycles. The number of pyridine rings is 6. The maximum atomic E-state index is 2.37. The number of aryl methyl sites for hydroxylation is 19. The van der Waals surface area contributed by atoms with Crippen molar-refractivity contribution in [1.29, 1.82) is 0 Å². The van der Waals surface area contributed by atoms with Gasteiger partial charge < -0.3 is 0 Å². The average molecular weight is 1660 g/mol. The maximum absolute atomic E-state index is 2.37. The molecule has 0 bridgehead atoms. The molecule has 0 unspecified atom stereocenters. The van der Waals surface area contributed by atoms with Crippen molar-refractivity contribution in [2.45, 2.75) is 163 Å². The zero-order valence-corrected chi connectivity index (χ0v) is 80.3. The SMILES string of the molecule is CCc1cc(CC)cc(-c2ccc(C)c(-c3cccc[n+]3C)c2)c1.Cc1cc(-c2ccccc2)cc(-c2cccc[n+]2C)c1C.Cc1cc(C)[n+](C)c(-c2ccccc2C)c1.Cc1cc(C)cc(-c2ccc(C)c(-c3cccc[n+]3C)c2)c1.Cc1ccc(-c2cc(C(C)C)cc(C(C)C)c2)cc1-c1cccc[n+]1C.Cc1ccc(C)c(-c2cc(C)cc(C)[n+]2C)c1. The Hall–Kier alpha value is -12.9. The predicted octanol–water partition coefficient (Wildman–Crippen LogP) is 27.4. The first-order valence-electron chi connectivity index (χ1n) is 45.0. The van der Waals surface area contributed by atoms with E-state index >= 15 is 0 Å². The molecule has 0 aliphatic rings. The van der Waals surface area contributed by atoms with Gasteiger partial charge in [0.1, 0.15) is 42.3 Å². The topological polar surface area (TPSA) is 23.3 Å². The van der Waals surface area contributed by atoms with Gasteiger partial charge in [-0.3, -0.25) is 0 Å². The van der Waals surface area contributed by atoms with Crippen molar-refractivity contribution in [3.63, 3.8) is 0 Å². The van der Waals surface area contributed by atoms with Crippen LogP contribution in [0, 0.1) is 96.9 Å². The van der Waals surface area contributed by atoms with Crippen LogP contribution in [0.1, 0.15) is 154 Å². The van der Waals surface area contributed by atoms with Gasteiger partial charge in [-0.05, 0) is 285 Å². The summed E-state index contributed by atoms with van der Waals surface area (Å²) in [6, 6.07) is 106. The van der Waals surface area contributed by atoms with Gasteiger partial charge in [-0.15, -0.1) is 0 Å². The molecule has 0 atom stereocenters. The fourth-order valence-corrected chi connectivity index (χ4v) is 16.7. The second-order valence-corrected chi connectivity index (χ2v) is 35.4. The second-order valence-electron chi connectivity index (χ2n) is 35.4. The first-order valence-corrected chi connectivity index (χ1v) is 45.0. The van der Waals surface area contributed by atoms with Crippen LogP contribution in [0.25, 0.3) is 112 Å². The van der Waals surface area contributed by atoms with E-state index in [9.17, 15) is 0 Å². The van der Waals surface area contributed by atoms with Crippen molar-refractivity contribution in [2.24, 2.45) is 42.3 Å². The van der Waals surface area contributed by atoms with Gasteiger partial charge in [-0.1, -0.05) is 216 Å². The van der Waals surface area contributed by atoms with Crippen molar-refractivity contribution in [2.75, 3.05) is 0 Å². The van der Waals surface area contributed by atoms with Crippen LogP contribution in [0.5, 0.6) is 0 Å². The molecule has 0 aliphatic heterocycles. The maximum Gasteiger partial charge on any atom is 0.212 e. The van der Waals surface area contributed by atoms with Gasteiger partial charge >= 0.3 is 0 Å². The van der Waals surface area contributed by atoms with Crippen molar-refractivity contribution in [1.82, 2.24) is 0 Å². The van der Waals surface area contributed by atoms with Gasteiger partial charge in [0, 0.05) is 120 Å². The molecular formula is C120H136N6+6. The highest BCUT2D eigenvalue weighted by molar-refractivity contribution is 5.78. The lowest BCUT2D eigenvalue weighted by Crippen LogP contribution is -2.35. The van der Waals surface area contributed by atoms with E-state index in [0.29, 0.717) is 11.8 Å². The Kier molecular flexibility index (Phi) is 32.1. The third kappa shape index (κ3) is 23.8. The minimum Gasteiger partial charge on any atom is -0.201 e. The van der Waals surface area contributed by atoms with Gasteiger partial charge in [-0.2, -0.15) is 9.13 Å². The van der Waals surface area contributed by atoms with Gasteiger partial charge in [-0.25, -0.2) is 18.3 Å². The molecule has 6 aromatic heterocycles. The van der Waals surface area contributed by atoms with Crippen LogP contribution >= 0.6 is 0 Å². The van der Waals surface area contributed by atoms with E-state index in [1.54, 1.807) is 0 Å². The van der Waals surface area contributed by atoms with Crippen LogP contribution in [-0.2, 0) is 55.1 Å². The van der Waals surface area contributed by atoms with E-state index in [1.807, 2.05) is 0 Å². The van der Waals surface area contributed by atoms with Crippen molar-refractivity contribution in [3.8, 4) is 112 Å². The molecule has 0 fully saturated rings. The molecular weight excluding hydrogens is 1530 g/mol. The number of hydrogen-bond acceptors (Lipinski definition) is 0. The highest BCUT2D eigenvalue weighted by atomic mass is 15.0. The number of rotatable bonds is 14. The first-order chi connectivity index (χ1) is 60.3. The molecule has 0 spiro atoms. The lowest BCUT2D eigenvalue weighted by Gasteiger charge is -2.15. The molecule has 640 valence electrons. The van der Waals surface area contributed by atoms with Crippen LogP contribution in [0.4, 0.5) is 0 Å². The Morgan fingerprint density at radius 2 is 0.548 bits per heavy atom. The van der Waals surface area contributed by atoms with E-state index in [1.165, 1.54) is 212 Å². The smallest absolute Gasteiger partial charge is 0.201 e. The summed E-state index contributed by atoms with van der Waals surface area (Å²) >= 11 is 0. The standard InChI is InChI=1S/C25H30N.C23H26N.C21H22N.C20H20N.C16H20N.C15H18N/c1-17(2)21-13-22(18(3)4)15-23(14-21)20-11-10-19(5)24(16-20)25-9-7-8-12-26(25)6;1-5-18-13-19(6-2)15-21(14-18)20-11-10-17(3)22(16-20)23-9-7-8-12-24(23)4;1-15-11-16(2)13-19(12-15)18-9-8-17(3)20(14-18)21-7-5-6-10-22(21)4;1-15-13-18(17-9-5-4-6-10-17)14-19(16(15)2)20-11-7-8-12-21(20)3;1-11-6-7-13(3)15(9-11)16-10-12(2)8-14(4)17(16)5;1-11-9-13(3)16(4)15(10-11)14-8-6-5-7-12(14)2/h7-18H,1-6H3;7-16H,5-6H2,1-4H3;5-14H,1-4H3;4-14H,1-3H3;6-10H,1-5H3;5-10H,1-4H3/q6*+1. The Bertz CT molecular complexity index is 6420. The molecule has 0 N–H and O–H groups in total. The minimum atomic E-state index is 0.532. The molecule has 6 heterocycles. The zero-order chi connectivity index (χ0) is 90.7. The fourth-order valence-electron chi connectivity index (χ4n) is 16.7. The highest BCUT2D eigenvalue weighted by Crippen LogP contribution is 2.37. The molecule has 10 aromatic carbocycles. The molecule has 16 aromatic rings. The summed E-state index contributed by atoms with van der Waals surface area (Å²) in [4.78, 5) is 0. The van der Waals surface area contributed by atoms with Crippen LogP contribution in [0.2, 0.25) is 0 Å². The van der Waals surface area contributed by atoms with Gasteiger partial charge in [0.2, 0.25) is 34.2 Å². The summed E-state index contributed by atoms with van der Waals surface area (Å²) in [5.41, 5.74) is 49.8. The van der Waals surface area contributed by atoms with Gasteiger partial charge in [0.05, 0.1) is 0 Å². The molecule has 0 amide bonds. The quantitative estimate of drug-likeness (QED) is 0.0969.